The molecule has 4 N–H and O–H groups in total. The summed E-state index contributed by atoms with van der Waals surface area (Å²) in [6.07, 6.45) is 0.525. The molecule has 0 bridgehead atoms. The molecule has 19 heavy (non-hydrogen) atoms. The Kier molecular flexibility index (Phi) is 3.84. The Morgan fingerprint density at radius 3 is 2.74 bits per heavy atom. The Morgan fingerprint density at radius 2 is 2.11 bits per heavy atom. The summed E-state index contributed by atoms with van der Waals surface area (Å²) in [5, 5.41) is 4.76. The second-order valence-corrected chi connectivity index (χ2v) is 5.17. The lowest BCUT2D eigenvalue weighted by molar-refractivity contribution is -0.134. The topological polar surface area (TPSA) is 101 Å². The standard InChI is InChI=1S/C12H12BrN3O3/c13-7-3-6(4-8(14)5-7)11(18)15-9-1-2-10(17)16-12(9)19/h3-5,9H,1-2,14H2,(H,15,18)(H,16,17,19). The van der Waals surface area contributed by atoms with Gasteiger partial charge in [-0.3, -0.25) is 19.7 Å². The van der Waals surface area contributed by atoms with Gasteiger partial charge in [0.05, 0.1) is 0 Å². The van der Waals surface area contributed by atoms with Gasteiger partial charge in [-0.1, -0.05) is 15.9 Å². The summed E-state index contributed by atoms with van der Waals surface area (Å²) >= 11 is 3.24. The highest BCUT2D eigenvalue weighted by molar-refractivity contribution is 9.10. The van der Waals surface area contributed by atoms with E-state index in [0.29, 0.717) is 22.1 Å². The molecule has 0 aliphatic carbocycles. The van der Waals surface area contributed by atoms with E-state index in [0.717, 1.165) is 0 Å². The summed E-state index contributed by atoms with van der Waals surface area (Å²) in [5.74, 6) is -1.20. The number of hydrogen-bond acceptors (Lipinski definition) is 4. The quantitative estimate of drug-likeness (QED) is 0.546. The van der Waals surface area contributed by atoms with Crippen LogP contribution in [-0.2, 0) is 9.59 Å². The molecule has 0 aromatic heterocycles. The largest absolute Gasteiger partial charge is 0.399 e. The molecule has 0 saturated carbocycles. The molecule has 1 unspecified atom stereocenters. The lowest BCUT2D eigenvalue weighted by Crippen LogP contribution is -2.52. The first-order valence-corrected chi connectivity index (χ1v) is 6.45. The van der Waals surface area contributed by atoms with Crippen molar-refractivity contribution >= 4 is 39.3 Å². The molecule has 1 aromatic carbocycles. The number of nitrogens with two attached hydrogens (primary N) is 1. The number of imide groups is 1. The van der Waals surface area contributed by atoms with Crippen LogP contribution in [0.15, 0.2) is 22.7 Å². The molecule has 1 fully saturated rings. The lowest BCUT2D eigenvalue weighted by atomic mass is 10.1. The fourth-order valence-corrected chi connectivity index (χ4v) is 2.33. The molecule has 0 spiro atoms. The maximum absolute atomic E-state index is 12.0. The zero-order valence-electron chi connectivity index (χ0n) is 9.90. The minimum atomic E-state index is -0.689. The number of piperidine rings is 1. The highest BCUT2D eigenvalue weighted by Crippen LogP contribution is 2.17. The molecule has 1 aliphatic heterocycles. The van der Waals surface area contributed by atoms with E-state index in [1.54, 1.807) is 12.1 Å². The summed E-state index contributed by atoms with van der Waals surface area (Å²) in [6, 6.07) is 4.11. The first-order valence-electron chi connectivity index (χ1n) is 5.66. The van der Waals surface area contributed by atoms with Crippen molar-refractivity contribution in [3.8, 4) is 0 Å². The third-order valence-electron chi connectivity index (χ3n) is 2.73. The fraction of sp³-hybridized carbons (Fsp3) is 0.250. The first kappa shape index (κ1) is 13.5. The van der Waals surface area contributed by atoms with E-state index in [-0.39, 0.29) is 12.3 Å². The molecule has 1 aliphatic rings. The number of anilines is 1. The number of amides is 3. The van der Waals surface area contributed by atoms with Crippen LogP contribution in [0.1, 0.15) is 23.2 Å². The van der Waals surface area contributed by atoms with E-state index >= 15 is 0 Å². The molecule has 1 heterocycles. The van der Waals surface area contributed by atoms with Gasteiger partial charge < -0.3 is 11.1 Å². The minimum absolute atomic E-state index is 0.220. The molecule has 7 heteroatoms. The van der Waals surface area contributed by atoms with Crippen molar-refractivity contribution in [2.24, 2.45) is 0 Å². The van der Waals surface area contributed by atoms with E-state index in [2.05, 4.69) is 26.6 Å². The van der Waals surface area contributed by atoms with E-state index in [4.69, 9.17) is 5.73 Å². The summed E-state index contributed by atoms with van der Waals surface area (Å²) in [6.45, 7) is 0. The Hall–Kier alpha value is -1.89. The van der Waals surface area contributed by atoms with Crippen LogP contribution in [0.2, 0.25) is 0 Å². The van der Waals surface area contributed by atoms with E-state index in [1.165, 1.54) is 6.07 Å². The minimum Gasteiger partial charge on any atom is -0.399 e. The number of carbonyl (C=O) groups is 3. The predicted molar refractivity (Wildman–Crippen MR) is 72.2 cm³/mol. The molecule has 1 aromatic rings. The third-order valence-corrected chi connectivity index (χ3v) is 3.18. The summed E-state index contributed by atoms with van der Waals surface area (Å²) < 4.78 is 0.681. The molecule has 2 rings (SSSR count). The lowest BCUT2D eigenvalue weighted by Gasteiger charge is -2.21. The van der Waals surface area contributed by atoms with E-state index < -0.39 is 17.9 Å². The first-order chi connectivity index (χ1) is 8.95. The van der Waals surface area contributed by atoms with E-state index in [1.807, 2.05) is 0 Å². The molecular weight excluding hydrogens is 314 g/mol. The van der Waals surface area contributed by atoms with Crippen molar-refractivity contribution in [2.75, 3.05) is 5.73 Å². The average Bonchev–Trinajstić information content (AvgIpc) is 2.31. The number of carbonyl (C=O) groups excluding carboxylic acids is 3. The predicted octanol–water partition coefficient (Wildman–Crippen LogP) is 0.566. The highest BCUT2D eigenvalue weighted by Gasteiger charge is 2.28. The molecule has 1 atom stereocenters. The summed E-state index contributed by atoms with van der Waals surface area (Å²) in [7, 11) is 0. The number of hydrogen-bond donors (Lipinski definition) is 3. The van der Waals surface area contributed by atoms with Crippen LogP contribution in [0.5, 0.6) is 0 Å². The Balaban J connectivity index is 2.08. The van der Waals surface area contributed by atoms with Crippen LogP contribution in [-0.4, -0.2) is 23.8 Å². The molecule has 100 valence electrons. The van der Waals surface area contributed by atoms with Gasteiger partial charge in [0.1, 0.15) is 6.04 Å². The van der Waals surface area contributed by atoms with Gasteiger partial charge in [0.25, 0.3) is 5.91 Å². The van der Waals surface area contributed by atoms with Crippen LogP contribution >= 0.6 is 15.9 Å². The van der Waals surface area contributed by atoms with Gasteiger partial charge in [-0.25, -0.2) is 0 Å². The number of nitrogen functional groups attached to an aromatic ring is 1. The van der Waals surface area contributed by atoms with Gasteiger partial charge in [0, 0.05) is 22.1 Å². The van der Waals surface area contributed by atoms with Crippen LogP contribution < -0.4 is 16.4 Å². The average molecular weight is 326 g/mol. The third kappa shape index (κ3) is 3.31. The van der Waals surface area contributed by atoms with Crippen LogP contribution in [0.3, 0.4) is 0 Å². The van der Waals surface area contributed by atoms with Gasteiger partial charge in [-0.2, -0.15) is 0 Å². The van der Waals surface area contributed by atoms with E-state index in [9.17, 15) is 14.4 Å². The normalized spacial score (nSPS) is 18.9. The Morgan fingerprint density at radius 1 is 1.37 bits per heavy atom. The van der Waals surface area contributed by atoms with Gasteiger partial charge in [0.15, 0.2) is 0 Å². The maximum Gasteiger partial charge on any atom is 0.252 e. The molecule has 0 radical (unpaired) electrons. The molecule has 3 amide bonds. The van der Waals surface area contributed by atoms with Crippen molar-refractivity contribution in [1.82, 2.24) is 10.6 Å². The van der Waals surface area contributed by atoms with Crippen LogP contribution in [0, 0.1) is 0 Å². The summed E-state index contributed by atoms with van der Waals surface area (Å²) in [4.78, 5) is 34.5. The monoisotopic (exact) mass is 325 g/mol. The van der Waals surface area contributed by atoms with Gasteiger partial charge >= 0.3 is 0 Å². The second kappa shape index (κ2) is 5.40. The number of nitrogens with one attached hydrogen (secondary N) is 2. The maximum atomic E-state index is 12.0. The number of rotatable bonds is 2. The zero-order valence-corrected chi connectivity index (χ0v) is 11.5. The smallest absolute Gasteiger partial charge is 0.252 e. The van der Waals surface area contributed by atoms with Crippen molar-refractivity contribution in [3.63, 3.8) is 0 Å². The highest BCUT2D eigenvalue weighted by atomic mass is 79.9. The second-order valence-electron chi connectivity index (χ2n) is 4.25. The number of halogens is 1. The SMILES string of the molecule is Nc1cc(Br)cc(C(=O)NC2CCC(=O)NC2=O)c1. The zero-order chi connectivity index (χ0) is 14.0. The van der Waals surface area contributed by atoms with Crippen molar-refractivity contribution in [2.45, 2.75) is 18.9 Å². The van der Waals surface area contributed by atoms with Crippen molar-refractivity contribution in [3.05, 3.63) is 28.2 Å². The van der Waals surface area contributed by atoms with Crippen LogP contribution in [0.25, 0.3) is 0 Å². The van der Waals surface area contributed by atoms with Gasteiger partial charge in [-0.15, -0.1) is 0 Å². The van der Waals surface area contributed by atoms with Crippen molar-refractivity contribution in [1.29, 1.82) is 0 Å². The Bertz CT molecular complexity index is 539. The van der Waals surface area contributed by atoms with Crippen LogP contribution in [0.4, 0.5) is 5.69 Å². The summed E-state index contributed by atoms with van der Waals surface area (Å²) in [5.41, 5.74) is 6.45. The van der Waals surface area contributed by atoms with Crippen molar-refractivity contribution < 1.29 is 14.4 Å². The molecular formula is C12H12BrN3O3. The number of benzene rings is 1. The van der Waals surface area contributed by atoms with Gasteiger partial charge in [0.2, 0.25) is 11.8 Å². The molecule has 1 saturated heterocycles. The Labute approximate surface area is 117 Å². The fourth-order valence-electron chi connectivity index (χ4n) is 1.82. The molecule has 6 nitrogen and oxygen atoms in total. The van der Waals surface area contributed by atoms with Gasteiger partial charge in [-0.05, 0) is 24.6 Å².